The molecule has 1 fully saturated rings. The summed E-state index contributed by atoms with van der Waals surface area (Å²) in [6.45, 7) is 1.95. The first-order valence-electron chi connectivity index (χ1n) is 6.20. The van der Waals surface area contributed by atoms with E-state index >= 15 is 0 Å². The Bertz CT molecular complexity index is 499. The maximum atomic E-state index is 11.9. The lowest BCUT2D eigenvalue weighted by atomic mass is 10.1. The van der Waals surface area contributed by atoms with Crippen LogP contribution in [0.15, 0.2) is 16.8 Å². The molecule has 5 nitrogen and oxygen atoms in total. The fourth-order valence-corrected chi connectivity index (χ4v) is 4.12. The van der Waals surface area contributed by atoms with E-state index in [1.54, 1.807) is 11.3 Å². The van der Waals surface area contributed by atoms with Gasteiger partial charge in [-0.05, 0) is 22.4 Å². The number of β-amino-alcohol motifs (C(OH)–C–C–N with tert-alkyl or cyclic N) is 1. The minimum Gasteiger partial charge on any atom is -0.391 e. The van der Waals surface area contributed by atoms with Gasteiger partial charge in [-0.2, -0.15) is 11.3 Å². The van der Waals surface area contributed by atoms with Crippen molar-refractivity contribution in [2.45, 2.75) is 12.6 Å². The summed E-state index contributed by atoms with van der Waals surface area (Å²) in [5, 5.41) is 14.1. The number of hydrogen-bond acceptors (Lipinski definition) is 5. The van der Waals surface area contributed by atoms with Crippen LogP contribution in [-0.4, -0.2) is 61.8 Å². The Hall–Kier alpha value is -0.470. The molecule has 0 unspecified atom stereocenters. The highest BCUT2D eigenvalue weighted by atomic mass is 32.2. The zero-order valence-corrected chi connectivity index (χ0v) is 12.8. The maximum absolute atomic E-state index is 11.9. The summed E-state index contributed by atoms with van der Waals surface area (Å²) in [6.07, 6.45) is -0.562. The topological polar surface area (TPSA) is 60.9 Å². The van der Waals surface area contributed by atoms with Crippen molar-refractivity contribution in [3.05, 3.63) is 22.4 Å². The molecule has 2 heterocycles. The molecule has 0 bridgehead atoms. The van der Waals surface area contributed by atoms with Gasteiger partial charge in [0.05, 0.1) is 11.9 Å². The van der Waals surface area contributed by atoms with Gasteiger partial charge in [0.1, 0.15) is 0 Å². The van der Waals surface area contributed by atoms with Gasteiger partial charge in [-0.25, -0.2) is 12.7 Å². The number of aliphatic hydroxyl groups is 1. The van der Waals surface area contributed by atoms with E-state index in [0.29, 0.717) is 13.1 Å². The van der Waals surface area contributed by atoms with Crippen molar-refractivity contribution in [1.29, 1.82) is 0 Å². The molecule has 1 N–H and O–H groups in total. The molecule has 7 heteroatoms. The van der Waals surface area contributed by atoms with Crippen molar-refractivity contribution in [3.63, 3.8) is 0 Å². The van der Waals surface area contributed by atoms with Gasteiger partial charge in [-0.15, -0.1) is 0 Å². The lowest BCUT2D eigenvalue weighted by molar-refractivity contribution is 0.148. The molecule has 19 heavy (non-hydrogen) atoms. The normalized spacial score (nSPS) is 25.3. The van der Waals surface area contributed by atoms with Gasteiger partial charge in [-0.3, -0.25) is 4.90 Å². The maximum Gasteiger partial charge on any atom is 0.214 e. The Morgan fingerprint density at radius 2 is 2.21 bits per heavy atom. The van der Waals surface area contributed by atoms with Gasteiger partial charge in [0.15, 0.2) is 0 Å². The Labute approximate surface area is 118 Å². The highest BCUT2D eigenvalue weighted by Gasteiger charge is 2.35. The van der Waals surface area contributed by atoms with E-state index in [4.69, 9.17) is 0 Å². The molecule has 1 aliphatic rings. The summed E-state index contributed by atoms with van der Waals surface area (Å²) in [6, 6.07) is 2.06. The Morgan fingerprint density at radius 3 is 2.79 bits per heavy atom. The second-order valence-electron chi connectivity index (χ2n) is 5.21. The van der Waals surface area contributed by atoms with Crippen molar-refractivity contribution in [1.82, 2.24) is 9.21 Å². The van der Waals surface area contributed by atoms with Crippen LogP contribution in [0.1, 0.15) is 5.56 Å². The predicted molar refractivity (Wildman–Crippen MR) is 76.6 cm³/mol. The molecule has 0 radical (unpaired) electrons. The van der Waals surface area contributed by atoms with Crippen molar-refractivity contribution in [2.75, 3.05) is 32.9 Å². The van der Waals surface area contributed by atoms with E-state index in [9.17, 15) is 13.5 Å². The summed E-state index contributed by atoms with van der Waals surface area (Å²) in [5.74, 6) is -0.188. The molecule has 1 aromatic heterocycles. The quantitative estimate of drug-likeness (QED) is 0.857. The molecular weight excluding hydrogens is 284 g/mol. The van der Waals surface area contributed by atoms with E-state index in [0.717, 1.165) is 6.54 Å². The zero-order valence-electron chi connectivity index (χ0n) is 11.2. The van der Waals surface area contributed by atoms with Crippen LogP contribution in [0, 0.1) is 5.92 Å². The fraction of sp³-hybridized carbons (Fsp3) is 0.667. The summed E-state index contributed by atoms with van der Waals surface area (Å²) >= 11 is 1.65. The van der Waals surface area contributed by atoms with Crippen LogP contribution in [0.5, 0.6) is 0 Å². The smallest absolute Gasteiger partial charge is 0.214 e. The summed E-state index contributed by atoms with van der Waals surface area (Å²) in [7, 11) is -0.196. The van der Waals surface area contributed by atoms with Crippen LogP contribution >= 0.6 is 11.3 Å². The summed E-state index contributed by atoms with van der Waals surface area (Å²) < 4.78 is 24.9. The van der Waals surface area contributed by atoms with Crippen LogP contribution in [-0.2, 0) is 16.6 Å². The van der Waals surface area contributed by atoms with Crippen LogP contribution in [0.2, 0.25) is 0 Å². The molecule has 108 valence electrons. The second kappa shape index (κ2) is 5.88. The molecule has 1 aliphatic heterocycles. The second-order valence-corrected chi connectivity index (χ2v) is 8.22. The lowest BCUT2D eigenvalue weighted by Crippen LogP contribution is -2.33. The number of sulfonamides is 1. The van der Waals surface area contributed by atoms with Gasteiger partial charge < -0.3 is 5.11 Å². The number of hydrogen-bond donors (Lipinski definition) is 1. The largest absolute Gasteiger partial charge is 0.391 e. The molecule has 0 amide bonds. The number of rotatable bonds is 5. The molecule has 1 aromatic rings. The van der Waals surface area contributed by atoms with Crippen LogP contribution in [0.25, 0.3) is 0 Å². The first kappa shape index (κ1) is 14.9. The summed E-state index contributed by atoms with van der Waals surface area (Å²) in [5.41, 5.74) is 1.22. The number of likely N-dealkylation sites (tertiary alicyclic amines) is 1. The monoisotopic (exact) mass is 304 g/mol. The van der Waals surface area contributed by atoms with E-state index in [1.165, 1.54) is 24.0 Å². The highest BCUT2D eigenvalue weighted by Crippen LogP contribution is 2.22. The fourth-order valence-electron chi connectivity index (χ4n) is 2.29. The van der Waals surface area contributed by atoms with Crippen LogP contribution < -0.4 is 0 Å². The van der Waals surface area contributed by atoms with Crippen LogP contribution in [0.4, 0.5) is 0 Å². The molecular formula is C12H20N2O3S2. The third kappa shape index (κ3) is 3.76. The lowest BCUT2D eigenvalue weighted by Gasteiger charge is -2.17. The average molecular weight is 304 g/mol. The predicted octanol–water partition coefficient (Wildman–Crippen LogP) is 0.432. The minimum atomic E-state index is -3.25. The van der Waals surface area contributed by atoms with Crippen molar-refractivity contribution >= 4 is 21.4 Å². The number of aliphatic hydroxyl groups excluding tert-OH is 1. The molecule has 1 saturated heterocycles. The van der Waals surface area contributed by atoms with Gasteiger partial charge in [0.25, 0.3) is 0 Å². The SMILES string of the molecule is CN(C)S(=O)(=O)C[C@@H]1CN(Cc2ccsc2)C[C@@H]1O. The average Bonchev–Trinajstić information content (AvgIpc) is 2.90. The minimum absolute atomic E-state index is 0.0152. The number of thiophene rings is 1. The van der Waals surface area contributed by atoms with E-state index in [-0.39, 0.29) is 11.7 Å². The molecule has 0 spiro atoms. The molecule has 0 saturated carbocycles. The Balaban J connectivity index is 1.94. The molecule has 2 rings (SSSR count). The van der Waals surface area contributed by atoms with Gasteiger partial charge >= 0.3 is 0 Å². The first-order chi connectivity index (χ1) is 8.88. The third-order valence-corrected chi connectivity index (χ3v) is 6.14. The van der Waals surface area contributed by atoms with Gasteiger partial charge in [0.2, 0.25) is 10.0 Å². The molecule has 2 atom stereocenters. The van der Waals surface area contributed by atoms with Crippen molar-refractivity contribution in [2.24, 2.45) is 5.92 Å². The van der Waals surface area contributed by atoms with Crippen molar-refractivity contribution in [3.8, 4) is 0 Å². The highest BCUT2D eigenvalue weighted by molar-refractivity contribution is 7.89. The first-order valence-corrected chi connectivity index (χ1v) is 8.75. The zero-order chi connectivity index (χ0) is 14.0. The van der Waals surface area contributed by atoms with E-state index < -0.39 is 16.1 Å². The molecule has 0 aromatic carbocycles. The van der Waals surface area contributed by atoms with Gasteiger partial charge in [0, 0.05) is 39.6 Å². The molecule has 0 aliphatic carbocycles. The Morgan fingerprint density at radius 1 is 1.47 bits per heavy atom. The Kier molecular flexibility index (Phi) is 4.62. The summed E-state index contributed by atoms with van der Waals surface area (Å²) in [4.78, 5) is 2.11. The van der Waals surface area contributed by atoms with Crippen molar-refractivity contribution < 1.29 is 13.5 Å². The number of nitrogens with zero attached hydrogens (tertiary/aromatic N) is 2. The standard InChI is InChI=1S/C12H20N2O3S2/c1-13(2)19(16,17)9-11-6-14(7-12(11)15)5-10-3-4-18-8-10/h3-4,8,11-12,15H,5-7,9H2,1-2H3/t11-,12-/m0/s1. The van der Waals surface area contributed by atoms with Crippen LogP contribution in [0.3, 0.4) is 0 Å². The van der Waals surface area contributed by atoms with Gasteiger partial charge in [-0.1, -0.05) is 0 Å². The van der Waals surface area contributed by atoms with E-state index in [1.807, 2.05) is 5.38 Å². The van der Waals surface area contributed by atoms with E-state index in [2.05, 4.69) is 16.3 Å². The third-order valence-electron chi connectivity index (χ3n) is 3.45.